The fourth-order valence-corrected chi connectivity index (χ4v) is 5.86. The number of halogens is 1. The highest BCUT2D eigenvalue weighted by atomic mass is 35.5. The number of likely N-dealkylation sites (tertiary alicyclic amines) is 1. The summed E-state index contributed by atoms with van der Waals surface area (Å²) in [7, 11) is -2.28. The van der Waals surface area contributed by atoms with Gasteiger partial charge in [-0.3, -0.25) is 4.79 Å². The summed E-state index contributed by atoms with van der Waals surface area (Å²) < 4.78 is 26.8. The van der Waals surface area contributed by atoms with Crippen molar-refractivity contribution in [1.29, 1.82) is 0 Å². The number of thiophene rings is 1. The molecule has 0 spiro atoms. The number of rotatable bonds is 5. The molecule has 2 aromatic rings. The first-order valence-electron chi connectivity index (χ1n) is 7.95. The Balaban J connectivity index is 1.73. The van der Waals surface area contributed by atoms with Gasteiger partial charge in [0, 0.05) is 13.6 Å². The first-order chi connectivity index (χ1) is 11.9. The van der Waals surface area contributed by atoms with Crippen LogP contribution in [0.2, 0.25) is 4.34 Å². The number of benzene rings is 1. The highest BCUT2D eigenvalue weighted by Gasteiger charge is 2.32. The van der Waals surface area contributed by atoms with Gasteiger partial charge in [-0.05, 0) is 30.5 Å². The van der Waals surface area contributed by atoms with E-state index in [2.05, 4.69) is 0 Å². The number of nitrogens with zero attached hydrogens (tertiary/aromatic N) is 2. The maximum atomic E-state index is 12.7. The van der Waals surface area contributed by atoms with Crippen molar-refractivity contribution in [3.05, 3.63) is 52.4 Å². The van der Waals surface area contributed by atoms with E-state index in [4.69, 9.17) is 11.6 Å². The lowest BCUT2D eigenvalue weighted by Gasteiger charge is -2.27. The zero-order valence-electron chi connectivity index (χ0n) is 13.8. The molecule has 1 fully saturated rings. The zero-order valence-corrected chi connectivity index (χ0v) is 16.1. The molecule has 1 aromatic carbocycles. The Kier molecular flexibility index (Phi) is 5.48. The van der Waals surface area contributed by atoms with Gasteiger partial charge in [0.2, 0.25) is 5.91 Å². The zero-order chi connectivity index (χ0) is 18.0. The van der Waals surface area contributed by atoms with Gasteiger partial charge in [0.25, 0.3) is 10.0 Å². The van der Waals surface area contributed by atoms with Crippen LogP contribution in [0.15, 0.2) is 46.7 Å². The van der Waals surface area contributed by atoms with Crippen molar-refractivity contribution in [1.82, 2.24) is 9.21 Å². The van der Waals surface area contributed by atoms with Gasteiger partial charge < -0.3 is 4.90 Å². The van der Waals surface area contributed by atoms with Crippen LogP contribution in [0.4, 0.5) is 0 Å². The number of hydrogen-bond donors (Lipinski definition) is 0. The molecule has 1 saturated heterocycles. The summed E-state index contributed by atoms with van der Waals surface area (Å²) in [5.41, 5.74) is 1.09. The van der Waals surface area contributed by atoms with Crippen molar-refractivity contribution >= 4 is 38.9 Å². The molecular weight excluding hydrogens is 380 g/mol. The number of likely N-dealkylation sites (N-methyl/N-ethyl adjacent to an activating group) is 1. The monoisotopic (exact) mass is 398 g/mol. The second-order valence-electron chi connectivity index (χ2n) is 5.98. The fraction of sp³-hybridized carbons (Fsp3) is 0.353. The number of carbonyl (C=O) groups is 1. The van der Waals surface area contributed by atoms with Gasteiger partial charge in [0.1, 0.15) is 4.21 Å². The Morgan fingerprint density at radius 3 is 2.64 bits per heavy atom. The molecule has 5 nitrogen and oxygen atoms in total. The fourth-order valence-electron chi connectivity index (χ4n) is 3.04. The van der Waals surface area contributed by atoms with Crippen LogP contribution < -0.4 is 0 Å². The molecule has 1 atom stereocenters. The van der Waals surface area contributed by atoms with Crippen molar-refractivity contribution in [3.8, 4) is 0 Å². The molecule has 8 heteroatoms. The van der Waals surface area contributed by atoms with Crippen molar-refractivity contribution in [2.24, 2.45) is 0 Å². The van der Waals surface area contributed by atoms with Crippen LogP contribution >= 0.6 is 22.9 Å². The molecule has 0 aliphatic carbocycles. The topological polar surface area (TPSA) is 57.7 Å². The molecule has 1 aliphatic heterocycles. The van der Waals surface area contributed by atoms with E-state index in [1.165, 1.54) is 13.1 Å². The smallest absolute Gasteiger partial charge is 0.252 e. The van der Waals surface area contributed by atoms with Crippen molar-refractivity contribution in [2.75, 3.05) is 20.1 Å². The van der Waals surface area contributed by atoms with Gasteiger partial charge in [-0.2, -0.15) is 4.31 Å². The number of carbonyl (C=O) groups excluding carboxylic acids is 1. The summed E-state index contributed by atoms with van der Waals surface area (Å²) in [6.45, 7) is 0.471. The lowest BCUT2D eigenvalue weighted by Crippen LogP contribution is -2.40. The second kappa shape index (κ2) is 7.45. The lowest BCUT2D eigenvalue weighted by atomic mass is 10.0. The minimum Gasteiger partial charge on any atom is -0.335 e. The highest BCUT2D eigenvalue weighted by molar-refractivity contribution is 7.91. The van der Waals surface area contributed by atoms with Crippen LogP contribution in [-0.2, 0) is 14.8 Å². The first-order valence-corrected chi connectivity index (χ1v) is 10.6. The van der Waals surface area contributed by atoms with Crippen LogP contribution in [0.3, 0.4) is 0 Å². The quantitative estimate of drug-likeness (QED) is 0.775. The van der Waals surface area contributed by atoms with Gasteiger partial charge in [0.05, 0.1) is 16.9 Å². The van der Waals surface area contributed by atoms with Crippen molar-refractivity contribution in [3.63, 3.8) is 0 Å². The molecule has 134 valence electrons. The lowest BCUT2D eigenvalue weighted by molar-refractivity contribution is -0.132. The molecule has 1 amide bonds. The standard InChI is InChI=1S/C17H19ClN2O3S2/c1-19(25(22,23)17-10-9-15(18)24-17)12-16(21)20-11-5-8-14(20)13-6-3-2-4-7-13/h2-4,6-7,9-10,14H,5,8,11-12H2,1H3. The molecule has 25 heavy (non-hydrogen) atoms. The van der Waals surface area contributed by atoms with E-state index in [-0.39, 0.29) is 22.7 Å². The second-order valence-corrected chi connectivity index (χ2v) is 9.96. The maximum Gasteiger partial charge on any atom is 0.252 e. The normalized spacial score (nSPS) is 18.0. The van der Waals surface area contributed by atoms with E-state index >= 15 is 0 Å². The molecule has 2 heterocycles. The maximum absolute atomic E-state index is 12.7. The Labute approximate surface area is 156 Å². The van der Waals surface area contributed by atoms with Gasteiger partial charge >= 0.3 is 0 Å². The van der Waals surface area contributed by atoms with E-state index in [0.29, 0.717) is 10.9 Å². The summed E-state index contributed by atoms with van der Waals surface area (Å²) in [6, 6.07) is 12.9. The van der Waals surface area contributed by atoms with Gasteiger partial charge in [-0.1, -0.05) is 41.9 Å². The predicted molar refractivity (Wildman–Crippen MR) is 99.3 cm³/mol. The van der Waals surface area contributed by atoms with E-state index in [9.17, 15) is 13.2 Å². The molecule has 0 bridgehead atoms. The van der Waals surface area contributed by atoms with Gasteiger partial charge in [-0.15, -0.1) is 11.3 Å². The first kappa shape index (κ1) is 18.4. The Morgan fingerprint density at radius 1 is 1.28 bits per heavy atom. The molecule has 1 unspecified atom stereocenters. The summed E-state index contributed by atoms with van der Waals surface area (Å²) >= 11 is 6.82. The van der Waals surface area contributed by atoms with Gasteiger partial charge in [0.15, 0.2) is 0 Å². The van der Waals surface area contributed by atoms with Crippen LogP contribution in [0.25, 0.3) is 0 Å². The molecule has 0 N–H and O–H groups in total. The minimum absolute atomic E-state index is 0.0148. The van der Waals surface area contributed by atoms with Crippen LogP contribution in [0.1, 0.15) is 24.4 Å². The third-order valence-electron chi connectivity index (χ3n) is 4.33. The third-order valence-corrected chi connectivity index (χ3v) is 7.83. The van der Waals surface area contributed by atoms with E-state index in [1.54, 1.807) is 11.0 Å². The average Bonchev–Trinajstić information content (AvgIpc) is 3.24. The predicted octanol–water partition coefficient (Wildman–Crippen LogP) is 3.39. The largest absolute Gasteiger partial charge is 0.335 e. The Bertz CT molecular complexity index is 852. The molecule has 1 aliphatic rings. The Hall–Kier alpha value is -1.41. The molecule has 1 aromatic heterocycles. The SMILES string of the molecule is CN(CC(=O)N1CCCC1c1ccccc1)S(=O)(=O)c1ccc(Cl)s1. The van der Waals surface area contributed by atoms with Crippen LogP contribution in [-0.4, -0.2) is 43.7 Å². The summed E-state index contributed by atoms with van der Waals surface area (Å²) in [5, 5.41) is 0. The average molecular weight is 399 g/mol. The third kappa shape index (κ3) is 3.89. The van der Waals surface area contributed by atoms with Crippen LogP contribution in [0.5, 0.6) is 0 Å². The molecular formula is C17H19ClN2O3S2. The summed E-state index contributed by atoms with van der Waals surface area (Å²) in [5.74, 6) is -0.180. The van der Waals surface area contributed by atoms with Crippen molar-refractivity contribution in [2.45, 2.75) is 23.1 Å². The minimum atomic E-state index is -3.70. The van der Waals surface area contributed by atoms with E-state index in [0.717, 1.165) is 34.0 Å². The number of hydrogen-bond acceptors (Lipinski definition) is 4. The van der Waals surface area contributed by atoms with Gasteiger partial charge in [-0.25, -0.2) is 8.42 Å². The Morgan fingerprint density at radius 2 is 2.00 bits per heavy atom. The van der Waals surface area contributed by atoms with E-state index < -0.39 is 10.0 Å². The van der Waals surface area contributed by atoms with Crippen LogP contribution in [0, 0.1) is 0 Å². The number of sulfonamides is 1. The van der Waals surface area contributed by atoms with Crippen molar-refractivity contribution < 1.29 is 13.2 Å². The molecule has 3 rings (SSSR count). The molecule has 0 saturated carbocycles. The summed E-state index contributed by atoms with van der Waals surface area (Å²) in [4.78, 5) is 14.5. The molecule has 0 radical (unpaired) electrons. The highest BCUT2D eigenvalue weighted by Crippen LogP contribution is 2.32. The number of amides is 1. The summed E-state index contributed by atoms with van der Waals surface area (Å²) in [6.07, 6.45) is 1.81. The van der Waals surface area contributed by atoms with E-state index in [1.807, 2.05) is 30.3 Å².